The van der Waals surface area contributed by atoms with Crippen molar-refractivity contribution in [2.45, 2.75) is 0 Å². The van der Waals surface area contributed by atoms with Crippen LogP contribution in [-0.2, 0) is 0 Å². The van der Waals surface area contributed by atoms with Gasteiger partial charge in [0.05, 0.1) is 11.4 Å². The smallest absolute Gasteiger partial charge is 0.227 e. The molecular formula is C41H26N2OS. The Bertz CT molecular complexity index is 2500. The number of hydrogen-bond donors (Lipinski definition) is 0. The van der Waals surface area contributed by atoms with E-state index in [0.29, 0.717) is 5.89 Å². The molecule has 0 radical (unpaired) electrons. The summed E-state index contributed by atoms with van der Waals surface area (Å²) in [5.41, 5.74) is 8.13. The molecule has 0 unspecified atom stereocenters. The summed E-state index contributed by atoms with van der Waals surface area (Å²) in [5, 5.41) is 4.66. The Balaban J connectivity index is 1.36. The third-order valence-electron chi connectivity index (χ3n) is 8.48. The van der Waals surface area contributed by atoms with E-state index in [9.17, 15) is 0 Å². The first-order valence-corrected chi connectivity index (χ1v) is 15.9. The van der Waals surface area contributed by atoms with E-state index in [0.717, 1.165) is 50.1 Å². The Morgan fingerprint density at radius 1 is 0.489 bits per heavy atom. The SMILES string of the molecule is c1ccc(-c2nc3cc(N(c4ccc5sc6ccccc6c5c4)c4ccccc4-c4ccccc4)c4ccccc4c3o2)cc1. The second-order valence-corrected chi connectivity index (χ2v) is 12.3. The fourth-order valence-corrected chi connectivity index (χ4v) is 7.50. The van der Waals surface area contributed by atoms with Crippen molar-refractivity contribution in [3.63, 3.8) is 0 Å². The van der Waals surface area contributed by atoms with Crippen molar-refractivity contribution in [2.75, 3.05) is 4.90 Å². The summed E-state index contributed by atoms with van der Waals surface area (Å²) in [5.74, 6) is 0.621. The average Bonchev–Trinajstić information content (AvgIpc) is 3.71. The van der Waals surface area contributed by atoms with Gasteiger partial charge in [-0.15, -0.1) is 11.3 Å². The van der Waals surface area contributed by atoms with E-state index in [-0.39, 0.29) is 0 Å². The zero-order valence-electron chi connectivity index (χ0n) is 24.2. The molecule has 0 saturated carbocycles. The number of hydrogen-bond acceptors (Lipinski definition) is 4. The Morgan fingerprint density at radius 3 is 1.96 bits per heavy atom. The average molecular weight is 595 g/mol. The lowest BCUT2D eigenvalue weighted by Crippen LogP contribution is -2.12. The summed E-state index contributed by atoms with van der Waals surface area (Å²) in [7, 11) is 0. The number of aromatic nitrogens is 1. The molecule has 0 aliphatic rings. The molecule has 2 heterocycles. The highest BCUT2D eigenvalue weighted by atomic mass is 32.1. The van der Waals surface area contributed by atoms with Crippen molar-refractivity contribution in [2.24, 2.45) is 0 Å². The zero-order valence-corrected chi connectivity index (χ0v) is 25.0. The molecule has 0 fully saturated rings. The first-order valence-electron chi connectivity index (χ1n) is 15.1. The van der Waals surface area contributed by atoms with Crippen LogP contribution in [0.25, 0.3) is 64.6 Å². The molecule has 9 aromatic rings. The molecule has 0 bridgehead atoms. The highest BCUT2D eigenvalue weighted by molar-refractivity contribution is 7.25. The summed E-state index contributed by atoms with van der Waals surface area (Å²) in [6, 6.07) is 55.6. The molecule has 9 rings (SSSR count). The summed E-state index contributed by atoms with van der Waals surface area (Å²) in [6.07, 6.45) is 0. The van der Waals surface area contributed by atoms with E-state index < -0.39 is 0 Å². The van der Waals surface area contributed by atoms with Gasteiger partial charge in [-0.05, 0) is 54.1 Å². The Labute approximate surface area is 264 Å². The van der Waals surface area contributed by atoms with Gasteiger partial charge in [-0.25, -0.2) is 4.98 Å². The van der Waals surface area contributed by atoms with Crippen LogP contribution in [0.3, 0.4) is 0 Å². The molecular weight excluding hydrogens is 569 g/mol. The van der Waals surface area contributed by atoms with Crippen LogP contribution in [0.5, 0.6) is 0 Å². The Morgan fingerprint density at radius 2 is 1.13 bits per heavy atom. The topological polar surface area (TPSA) is 29.3 Å². The number of oxazole rings is 1. The van der Waals surface area contributed by atoms with E-state index in [1.807, 2.05) is 41.7 Å². The molecule has 0 amide bonds. The van der Waals surface area contributed by atoms with Crippen molar-refractivity contribution >= 4 is 70.4 Å². The van der Waals surface area contributed by atoms with Crippen LogP contribution < -0.4 is 4.90 Å². The summed E-state index contributed by atoms with van der Waals surface area (Å²) in [6.45, 7) is 0. The molecule has 3 nitrogen and oxygen atoms in total. The van der Waals surface area contributed by atoms with Crippen molar-refractivity contribution in [3.05, 3.63) is 158 Å². The molecule has 0 N–H and O–H groups in total. The van der Waals surface area contributed by atoms with Gasteiger partial charge in [-0.1, -0.05) is 109 Å². The molecule has 212 valence electrons. The van der Waals surface area contributed by atoms with Crippen LogP contribution >= 0.6 is 11.3 Å². The number of fused-ring (bicyclic) bond motifs is 6. The quantitative estimate of drug-likeness (QED) is 0.198. The predicted octanol–water partition coefficient (Wildman–Crippen LogP) is 12.2. The molecule has 0 spiro atoms. The standard InChI is InChI=1S/C41H26N2OS/c1-3-13-27(14-4-1)30-17-9-11-21-36(30)43(29-23-24-39-34(25-29)32-19-10-12-22-38(32)45-39)37-26-35-40(33-20-8-7-18-31(33)37)44-41(42-35)28-15-5-2-6-16-28/h1-26H. The number of anilines is 3. The maximum atomic E-state index is 6.47. The minimum Gasteiger partial charge on any atom is -0.435 e. The molecule has 0 saturated heterocycles. The third-order valence-corrected chi connectivity index (χ3v) is 9.64. The van der Waals surface area contributed by atoms with E-state index in [4.69, 9.17) is 9.40 Å². The Hall–Kier alpha value is -5.71. The fraction of sp³-hybridized carbons (Fsp3) is 0. The van der Waals surface area contributed by atoms with Gasteiger partial charge in [0.25, 0.3) is 0 Å². The lowest BCUT2D eigenvalue weighted by Gasteiger charge is -2.29. The van der Waals surface area contributed by atoms with Gasteiger partial charge >= 0.3 is 0 Å². The summed E-state index contributed by atoms with van der Waals surface area (Å²) >= 11 is 1.84. The largest absolute Gasteiger partial charge is 0.435 e. The first kappa shape index (κ1) is 25.8. The minimum atomic E-state index is 0.621. The predicted molar refractivity (Wildman–Crippen MR) is 190 cm³/mol. The monoisotopic (exact) mass is 594 g/mol. The highest BCUT2D eigenvalue weighted by Gasteiger charge is 2.23. The fourth-order valence-electron chi connectivity index (χ4n) is 6.42. The summed E-state index contributed by atoms with van der Waals surface area (Å²) in [4.78, 5) is 7.43. The molecule has 0 aliphatic heterocycles. The maximum absolute atomic E-state index is 6.47. The van der Waals surface area contributed by atoms with Gasteiger partial charge in [0.2, 0.25) is 5.89 Å². The maximum Gasteiger partial charge on any atom is 0.227 e. The van der Waals surface area contributed by atoms with Crippen LogP contribution in [0.4, 0.5) is 17.1 Å². The van der Waals surface area contributed by atoms with Crippen LogP contribution in [-0.4, -0.2) is 4.98 Å². The van der Waals surface area contributed by atoms with Crippen molar-refractivity contribution in [3.8, 4) is 22.6 Å². The third kappa shape index (κ3) is 4.30. The van der Waals surface area contributed by atoms with E-state index >= 15 is 0 Å². The molecule has 0 aliphatic carbocycles. The number of rotatable bonds is 5. The van der Waals surface area contributed by atoms with E-state index in [2.05, 4.69) is 132 Å². The van der Waals surface area contributed by atoms with Crippen LogP contribution in [0.15, 0.2) is 162 Å². The van der Waals surface area contributed by atoms with Crippen LogP contribution in [0.1, 0.15) is 0 Å². The second-order valence-electron chi connectivity index (χ2n) is 11.2. The number of para-hydroxylation sites is 1. The number of benzene rings is 7. The minimum absolute atomic E-state index is 0.621. The Kier molecular flexibility index (Phi) is 6.00. The van der Waals surface area contributed by atoms with Crippen LogP contribution in [0, 0.1) is 0 Å². The highest BCUT2D eigenvalue weighted by Crippen LogP contribution is 2.47. The zero-order chi connectivity index (χ0) is 29.7. The molecule has 2 aromatic heterocycles. The number of nitrogens with zero attached hydrogens (tertiary/aromatic N) is 2. The van der Waals surface area contributed by atoms with Gasteiger partial charge in [0, 0.05) is 47.8 Å². The molecule has 4 heteroatoms. The van der Waals surface area contributed by atoms with Crippen molar-refractivity contribution < 1.29 is 4.42 Å². The lowest BCUT2D eigenvalue weighted by molar-refractivity contribution is 0.623. The first-order chi connectivity index (χ1) is 22.3. The summed E-state index contributed by atoms with van der Waals surface area (Å²) < 4.78 is 9.05. The number of thiophene rings is 1. The lowest BCUT2D eigenvalue weighted by atomic mass is 10.00. The van der Waals surface area contributed by atoms with Gasteiger partial charge in [0.1, 0.15) is 5.52 Å². The molecule has 45 heavy (non-hydrogen) atoms. The van der Waals surface area contributed by atoms with Gasteiger partial charge in [-0.2, -0.15) is 0 Å². The van der Waals surface area contributed by atoms with Crippen molar-refractivity contribution in [1.82, 2.24) is 4.98 Å². The van der Waals surface area contributed by atoms with Crippen LogP contribution in [0.2, 0.25) is 0 Å². The molecule has 0 atom stereocenters. The van der Waals surface area contributed by atoms with E-state index in [1.54, 1.807) is 0 Å². The molecule has 7 aromatic carbocycles. The second kappa shape index (κ2) is 10.5. The normalized spacial score (nSPS) is 11.6. The van der Waals surface area contributed by atoms with Gasteiger partial charge in [0.15, 0.2) is 5.58 Å². The van der Waals surface area contributed by atoms with Gasteiger partial charge in [-0.3, -0.25) is 0 Å². The van der Waals surface area contributed by atoms with E-state index in [1.165, 1.54) is 25.7 Å². The van der Waals surface area contributed by atoms with Gasteiger partial charge < -0.3 is 9.32 Å². The van der Waals surface area contributed by atoms with Crippen molar-refractivity contribution in [1.29, 1.82) is 0 Å².